The molecule has 0 unspecified atom stereocenters. The SMILES string of the molecule is COc1cc2c(=O)n(C)cnc2cc1-c1cn2ccc(C3=CC(C)(C)NC(C)(C)C3)nc2n1. The van der Waals surface area contributed by atoms with Gasteiger partial charge in [-0.15, -0.1) is 0 Å². The number of hydrogen-bond acceptors (Lipinski definition) is 6. The van der Waals surface area contributed by atoms with Gasteiger partial charge in [0, 0.05) is 36.1 Å². The number of fused-ring (bicyclic) bond motifs is 2. The van der Waals surface area contributed by atoms with Crippen molar-refractivity contribution < 1.29 is 4.74 Å². The maximum absolute atomic E-state index is 12.5. The van der Waals surface area contributed by atoms with E-state index in [1.165, 1.54) is 16.5 Å². The Morgan fingerprint density at radius 2 is 1.88 bits per heavy atom. The normalized spacial score (nSPS) is 17.3. The molecule has 0 spiro atoms. The third-order valence-corrected chi connectivity index (χ3v) is 6.00. The highest BCUT2D eigenvalue weighted by molar-refractivity contribution is 5.87. The van der Waals surface area contributed by atoms with Crippen LogP contribution in [-0.4, -0.2) is 42.1 Å². The third-order valence-electron chi connectivity index (χ3n) is 6.00. The molecule has 0 atom stereocenters. The molecule has 0 fully saturated rings. The molecule has 4 heterocycles. The highest BCUT2D eigenvalue weighted by Gasteiger charge is 2.33. The summed E-state index contributed by atoms with van der Waals surface area (Å²) in [6, 6.07) is 5.61. The van der Waals surface area contributed by atoms with Crippen molar-refractivity contribution in [1.29, 1.82) is 0 Å². The highest BCUT2D eigenvalue weighted by Crippen LogP contribution is 2.34. The molecule has 4 aromatic rings. The van der Waals surface area contributed by atoms with E-state index in [4.69, 9.17) is 14.7 Å². The van der Waals surface area contributed by atoms with Crippen LogP contribution in [0, 0.1) is 0 Å². The van der Waals surface area contributed by atoms with Gasteiger partial charge in [-0.3, -0.25) is 9.20 Å². The van der Waals surface area contributed by atoms with Crippen LogP contribution < -0.4 is 15.6 Å². The Hall–Kier alpha value is -3.52. The minimum Gasteiger partial charge on any atom is -0.496 e. The summed E-state index contributed by atoms with van der Waals surface area (Å²) in [6.07, 6.45) is 8.56. The van der Waals surface area contributed by atoms with E-state index in [1.807, 2.05) is 28.9 Å². The van der Waals surface area contributed by atoms with E-state index in [2.05, 4.69) is 44.1 Å². The Labute approximate surface area is 192 Å². The molecule has 1 aliphatic heterocycles. The van der Waals surface area contributed by atoms with Gasteiger partial charge in [-0.25, -0.2) is 15.0 Å². The zero-order valence-corrected chi connectivity index (χ0v) is 19.8. The van der Waals surface area contributed by atoms with Crippen molar-refractivity contribution in [3.05, 3.63) is 59.0 Å². The van der Waals surface area contributed by atoms with Crippen LogP contribution in [0.4, 0.5) is 0 Å². The second kappa shape index (κ2) is 7.25. The molecular formula is C25H28N6O2. The van der Waals surface area contributed by atoms with Crippen LogP contribution in [-0.2, 0) is 7.05 Å². The lowest BCUT2D eigenvalue weighted by Crippen LogP contribution is -2.53. The van der Waals surface area contributed by atoms with Gasteiger partial charge >= 0.3 is 0 Å². The lowest BCUT2D eigenvalue weighted by Gasteiger charge is -2.41. The second-order valence-electron chi connectivity index (χ2n) is 9.95. The van der Waals surface area contributed by atoms with Gasteiger partial charge in [0.25, 0.3) is 5.56 Å². The summed E-state index contributed by atoms with van der Waals surface area (Å²) in [5.74, 6) is 1.18. The molecule has 0 saturated carbocycles. The Morgan fingerprint density at radius 3 is 2.61 bits per heavy atom. The van der Waals surface area contributed by atoms with E-state index < -0.39 is 0 Å². The van der Waals surface area contributed by atoms with Gasteiger partial charge in [0.1, 0.15) is 5.75 Å². The third kappa shape index (κ3) is 3.80. The average Bonchev–Trinajstić information content (AvgIpc) is 3.16. The predicted molar refractivity (Wildman–Crippen MR) is 129 cm³/mol. The lowest BCUT2D eigenvalue weighted by atomic mass is 9.82. The molecule has 0 radical (unpaired) electrons. The topological polar surface area (TPSA) is 86.3 Å². The van der Waals surface area contributed by atoms with Gasteiger partial charge in [-0.2, -0.15) is 0 Å². The smallest absolute Gasteiger partial charge is 0.261 e. The quantitative estimate of drug-likeness (QED) is 0.520. The number of nitrogens with zero attached hydrogens (tertiary/aromatic N) is 5. The zero-order chi connectivity index (χ0) is 23.5. The standard InChI is InChI=1S/C25H28N6O2/c1-24(2)11-15(12-25(3,4)29-24)18-7-8-31-13-20(28-23(31)27-18)16-9-19-17(10-21(16)33-6)22(32)30(5)14-26-19/h7-11,13-14,29H,12H2,1-6H3. The molecule has 8 nitrogen and oxygen atoms in total. The van der Waals surface area contributed by atoms with Gasteiger partial charge in [0.2, 0.25) is 5.78 Å². The number of aryl methyl sites for hydroxylation is 1. The Balaban J connectivity index is 1.61. The summed E-state index contributed by atoms with van der Waals surface area (Å²) in [7, 11) is 3.27. The number of ether oxygens (including phenoxy) is 1. The van der Waals surface area contributed by atoms with E-state index in [0.717, 1.165) is 17.7 Å². The minimum atomic E-state index is -0.118. The summed E-state index contributed by atoms with van der Waals surface area (Å²) < 4.78 is 8.96. The molecule has 0 aliphatic carbocycles. The van der Waals surface area contributed by atoms with Crippen LogP contribution in [0.3, 0.4) is 0 Å². The van der Waals surface area contributed by atoms with Gasteiger partial charge in [-0.05, 0) is 57.9 Å². The molecule has 8 heteroatoms. The fraction of sp³-hybridized carbons (Fsp3) is 0.360. The van der Waals surface area contributed by atoms with Crippen molar-refractivity contribution in [2.45, 2.75) is 45.2 Å². The second-order valence-corrected chi connectivity index (χ2v) is 9.95. The molecule has 1 aromatic carbocycles. The van der Waals surface area contributed by atoms with Gasteiger partial charge < -0.3 is 14.6 Å². The molecule has 3 aromatic heterocycles. The molecule has 0 saturated heterocycles. The number of methoxy groups -OCH3 is 1. The molecular weight excluding hydrogens is 416 g/mol. The van der Waals surface area contributed by atoms with Gasteiger partial charge in [-0.1, -0.05) is 6.08 Å². The van der Waals surface area contributed by atoms with Crippen molar-refractivity contribution in [2.75, 3.05) is 7.11 Å². The number of benzene rings is 1. The molecule has 5 rings (SSSR count). The Bertz CT molecular complexity index is 1490. The number of aromatic nitrogens is 5. The first-order valence-corrected chi connectivity index (χ1v) is 11.0. The largest absolute Gasteiger partial charge is 0.496 e. The van der Waals surface area contributed by atoms with Crippen molar-refractivity contribution in [2.24, 2.45) is 7.05 Å². The number of nitrogens with one attached hydrogen (secondary N) is 1. The summed E-state index contributed by atoms with van der Waals surface area (Å²) in [6.45, 7) is 8.77. The molecule has 170 valence electrons. The lowest BCUT2D eigenvalue weighted by molar-refractivity contribution is 0.297. The summed E-state index contributed by atoms with van der Waals surface area (Å²) in [5.41, 5.74) is 3.95. The minimum absolute atomic E-state index is 0.0233. The Kier molecular flexibility index (Phi) is 4.68. The number of imidazole rings is 1. The van der Waals surface area contributed by atoms with Crippen LogP contribution in [0.25, 0.3) is 33.5 Å². The van der Waals surface area contributed by atoms with Crippen molar-refractivity contribution in [3.8, 4) is 17.0 Å². The summed E-state index contributed by atoms with van der Waals surface area (Å²) >= 11 is 0. The van der Waals surface area contributed by atoms with E-state index >= 15 is 0 Å². The fourth-order valence-electron chi connectivity index (χ4n) is 4.87. The highest BCUT2D eigenvalue weighted by atomic mass is 16.5. The van der Waals surface area contributed by atoms with Gasteiger partial charge in [0.05, 0.1) is 35.7 Å². The fourth-order valence-corrected chi connectivity index (χ4v) is 4.87. The van der Waals surface area contributed by atoms with Crippen LogP contribution in [0.5, 0.6) is 5.75 Å². The van der Waals surface area contributed by atoms with E-state index in [9.17, 15) is 4.79 Å². The van der Waals surface area contributed by atoms with E-state index in [0.29, 0.717) is 28.1 Å². The maximum Gasteiger partial charge on any atom is 0.261 e. The first-order valence-electron chi connectivity index (χ1n) is 11.0. The zero-order valence-electron chi connectivity index (χ0n) is 19.8. The molecule has 0 bridgehead atoms. The molecule has 1 aliphatic rings. The van der Waals surface area contributed by atoms with Crippen LogP contribution in [0.15, 0.2) is 47.8 Å². The van der Waals surface area contributed by atoms with Crippen LogP contribution >= 0.6 is 0 Å². The monoisotopic (exact) mass is 444 g/mol. The van der Waals surface area contributed by atoms with Crippen LogP contribution in [0.1, 0.15) is 39.8 Å². The van der Waals surface area contributed by atoms with E-state index in [-0.39, 0.29) is 16.6 Å². The van der Waals surface area contributed by atoms with Crippen molar-refractivity contribution >= 4 is 22.3 Å². The van der Waals surface area contributed by atoms with Crippen molar-refractivity contribution in [1.82, 2.24) is 29.2 Å². The van der Waals surface area contributed by atoms with Crippen molar-refractivity contribution in [3.63, 3.8) is 0 Å². The van der Waals surface area contributed by atoms with E-state index in [1.54, 1.807) is 20.2 Å². The predicted octanol–water partition coefficient (Wildman–Crippen LogP) is 3.59. The maximum atomic E-state index is 12.5. The number of hydrogen-bond donors (Lipinski definition) is 1. The summed E-state index contributed by atoms with van der Waals surface area (Å²) in [4.78, 5) is 26.5. The molecule has 0 amide bonds. The molecule has 1 N–H and O–H groups in total. The first kappa shape index (κ1) is 21.3. The average molecular weight is 445 g/mol. The van der Waals surface area contributed by atoms with Gasteiger partial charge in [0.15, 0.2) is 0 Å². The number of rotatable bonds is 3. The molecule has 33 heavy (non-hydrogen) atoms. The first-order chi connectivity index (χ1) is 15.5. The Morgan fingerprint density at radius 1 is 1.12 bits per heavy atom. The van der Waals surface area contributed by atoms with Crippen LogP contribution in [0.2, 0.25) is 0 Å². The summed E-state index contributed by atoms with van der Waals surface area (Å²) in [5, 5.41) is 4.17.